The van der Waals surface area contributed by atoms with Crippen LogP contribution in [0.4, 0.5) is 0 Å². The lowest BCUT2D eigenvalue weighted by Gasteiger charge is -2.46. The van der Waals surface area contributed by atoms with Crippen LogP contribution in [0.3, 0.4) is 0 Å². The molecule has 0 bridgehead atoms. The van der Waals surface area contributed by atoms with Crippen molar-refractivity contribution in [2.45, 2.75) is 56.4 Å². The first-order valence-electron chi connectivity index (χ1n) is 12.3. The van der Waals surface area contributed by atoms with Crippen molar-refractivity contribution >= 4 is 16.1 Å². The molecule has 2 heterocycles. The van der Waals surface area contributed by atoms with Crippen LogP contribution in [0.5, 0.6) is 0 Å². The van der Waals surface area contributed by atoms with Crippen LogP contribution in [0.1, 0.15) is 55.0 Å². The van der Waals surface area contributed by atoms with Crippen molar-refractivity contribution in [3.8, 4) is 0 Å². The number of benzene rings is 1. The molecule has 5 rings (SSSR count). The van der Waals surface area contributed by atoms with E-state index in [2.05, 4.69) is 10.8 Å². The Hall–Kier alpha value is -2.00. The first-order valence-corrected chi connectivity index (χ1v) is 13.8. The number of ether oxygens (including phenoxy) is 2. The first kappa shape index (κ1) is 23.7. The Morgan fingerprint density at radius 2 is 1.91 bits per heavy atom. The van der Waals surface area contributed by atoms with E-state index in [0.717, 1.165) is 12.0 Å². The highest BCUT2D eigenvalue weighted by atomic mass is 32.2. The second-order valence-corrected chi connectivity index (χ2v) is 11.9. The number of hydrogen-bond acceptors (Lipinski definition) is 5. The standard InChI is InChI=1S/C26H35N3O4S/c1-20-7-9-24(10-8-20)34(30,31)28-12-11-22-15-25-21(17-27-29(25)23-5-3-4-6-23)16-26(22,18-28)19-33-14-13-32-2/h7-10,15,17,23H,3-6,11-14,16,18-19H2,1-2H3/t26-/m1/s1. The van der Waals surface area contributed by atoms with E-state index in [-0.39, 0.29) is 5.41 Å². The molecule has 2 aromatic rings. The van der Waals surface area contributed by atoms with E-state index in [9.17, 15) is 8.42 Å². The van der Waals surface area contributed by atoms with Crippen molar-refractivity contribution in [2.75, 3.05) is 40.0 Å². The highest BCUT2D eigenvalue weighted by molar-refractivity contribution is 7.89. The van der Waals surface area contributed by atoms with Gasteiger partial charge in [0, 0.05) is 25.6 Å². The van der Waals surface area contributed by atoms with Crippen LogP contribution in [-0.4, -0.2) is 62.5 Å². The minimum atomic E-state index is -3.58. The van der Waals surface area contributed by atoms with Crippen LogP contribution < -0.4 is 0 Å². The van der Waals surface area contributed by atoms with Gasteiger partial charge in [0.2, 0.25) is 10.0 Å². The molecule has 1 atom stereocenters. The quantitative estimate of drug-likeness (QED) is 0.529. The maximum Gasteiger partial charge on any atom is 0.243 e. The molecule has 184 valence electrons. The van der Waals surface area contributed by atoms with E-state index in [0.29, 0.717) is 50.3 Å². The van der Waals surface area contributed by atoms with Crippen LogP contribution in [0.15, 0.2) is 40.9 Å². The Balaban J connectivity index is 1.46. The van der Waals surface area contributed by atoms with Gasteiger partial charge < -0.3 is 9.47 Å². The Labute approximate surface area is 202 Å². The lowest BCUT2D eigenvalue weighted by Crippen LogP contribution is -2.51. The summed E-state index contributed by atoms with van der Waals surface area (Å²) in [6.07, 6.45) is 10.6. The fraction of sp³-hybridized carbons (Fsp3) is 0.577. The van der Waals surface area contributed by atoms with Crippen LogP contribution in [0.25, 0.3) is 6.08 Å². The molecular formula is C26H35N3O4S. The van der Waals surface area contributed by atoms with Gasteiger partial charge in [0.25, 0.3) is 0 Å². The molecular weight excluding hydrogens is 450 g/mol. The molecule has 0 amide bonds. The zero-order valence-electron chi connectivity index (χ0n) is 20.2. The Morgan fingerprint density at radius 3 is 2.65 bits per heavy atom. The number of hydrogen-bond donors (Lipinski definition) is 0. The van der Waals surface area contributed by atoms with Gasteiger partial charge in [0.05, 0.1) is 42.6 Å². The molecule has 1 aromatic heterocycles. The minimum absolute atomic E-state index is 0.353. The lowest BCUT2D eigenvalue weighted by molar-refractivity contribution is 0.0147. The summed E-state index contributed by atoms with van der Waals surface area (Å²) < 4.78 is 42.2. The fourth-order valence-electron chi connectivity index (χ4n) is 5.76. The van der Waals surface area contributed by atoms with Gasteiger partial charge in [-0.3, -0.25) is 4.68 Å². The Kier molecular flexibility index (Phi) is 6.68. The summed E-state index contributed by atoms with van der Waals surface area (Å²) in [5.41, 5.74) is 4.35. The topological polar surface area (TPSA) is 73.7 Å². The third kappa shape index (κ3) is 4.37. The van der Waals surface area contributed by atoms with E-state index < -0.39 is 10.0 Å². The van der Waals surface area contributed by atoms with Crippen molar-refractivity contribution in [1.29, 1.82) is 0 Å². The summed E-state index contributed by atoms with van der Waals surface area (Å²) in [5.74, 6) is 0. The zero-order valence-corrected chi connectivity index (χ0v) is 21.0. The van der Waals surface area contributed by atoms with Gasteiger partial charge in [0.1, 0.15) is 0 Å². The lowest BCUT2D eigenvalue weighted by atomic mass is 9.69. The maximum absolute atomic E-state index is 13.5. The second kappa shape index (κ2) is 9.57. The Bertz CT molecular complexity index is 1150. The molecule has 2 fully saturated rings. The fourth-order valence-corrected chi connectivity index (χ4v) is 7.29. The number of aromatic nitrogens is 2. The summed E-state index contributed by atoms with van der Waals surface area (Å²) in [6, 6.07) is 7.62. The largest absolute Gasteiger partial charge is 0.382 e. The molecule has 0 spiro atoms. The maximum atomic E-state index is 13.5. The number of fused-ring (bicyclic) bond motifs is 2. The van der Waals surface area contributed by atoms with Gasteiger partial charge in [0.15, 0.2) is 0 Å². The third-order valence-corrected chi connectivity index (χ3v) is 9.54. The van der Waals surface area contributed by atoms with E-state index in [1.807, 2.05) is 25.3 Å². The van der Waals surface area contributed by atoms with E-state index in [1.54, 1.807) is 23.5 Å². The van der Waals surface area contributed by atoms with Crippen molar-refractivity contribution in [3.63, 3.8) is 0 Å². The van der Waals surface area contributed by atoms with Gasteiger partial charge >= 0.3 is 0 Å². The van der Waals surface area contributed by atoms with Gasteiger partial charge in [-0.25, -0.2) is 8.42 Å². The first-order chi connectivity index (χ1) is 16.4. The van der Waals surface area contributed by atoms with Crippen molar-refractivity contribution < 1.29 is 17.9 Å². The molecule has 8 heteroatoms. The summed E-state index contributed by atoms with van der Waals surface area (Å²) in [4.78, 5) is 0.353. The summed E-state index contributed by atoms with van der Waals surface area (Å²) >= 11 is 0. The number of sulfonamides is 1. The van der Waals surface area contributed by atoms with Crippen molar-refractivity contribution in [1.82, 2.24) is 14.1 Å². The summed E-state index contributed by atoms with van der Waals surface area (Å²) in [5, 5.41) is 4.78. The number of methoxy groups -OCH3 is 1. The van der Waals surface area contributed by atoms with Gasteiger partial charge in [-0.1, -0.05) is 36.1 Å². The van der Waals surface area contributed by atoms with E-state index in [4.69, 9.17) is 14.6 Å². The van der Waals surface area contributed by atoms with Crippen LogP contribution in [-0.2, 0) is 25.9 Å². The van der Waals surface area contributed by atoms with Crippen LogP contribution in [0, 0.1) is 12.3 Å². The second-order valence-electron chi connectivity index (χ2n) is 10.0. The summed E-state index contributed by atoms with van der Waals surface area (Å²) in [7, 11) is -1.92. The highest BCUT2D eigenvalue weighted by Gasteiger charge is 2.46. The van der Waals surface area contributed by atoms with Crippen molar-refractivity contribution in [2.24, 2.45) is 5.41 Å². The number of nitrogens with zero attached hydrogens (tertiary/aromatic N) is 3. The molecule has 7 nitrogen and oxygen atoms in total. The molecule has 0 N–H and O–H groups in total. The zero-order chi connectivity index (χ0) is 23.8. The number of rotatable bonds is 8. The molecule has 34 heavy (non-hydrogen) atoms. The molecule has 0 unspecified atom stereocenters. The molecule has 0 radical (unpaired) electrons. The number of piperidine rings is 1. The molecule has 1 saturated heterocycles. The normalized spacial score (nSPS) is 23.5. The molecule has 2 aliphatic carbocycles. The SMILES string of the molecule is COCCOC[C@]12Cc3cnn(C4CCCC4)c3C=C1CCN(S(=O)(=O)c1ccc(C)cc1)C2. The average Bonchev–Trinajstić information content (AvgIpc) is 3.50. The average molecular weight is 486 g/mol. The van der Waals surface area contributed by atoms with Gasteiger partial charge in [-0.2, -0.15) is 9.40 Å². The van der Waals surface area contributed by atoms with Gasteiger partial charge in [-0.15, -0.1) is 0 Å². The number of aryl methyl sites for hydroxylation is 1. The highest BCUT2D eigenvalue weighted by Crippen LogP contribution is 2.46. The molecule has 1 aliphatic heterocycles. The van der Waals surface area contributed by atoms with E-state index >= 15 is 0 Å². The molecule has 1 saturated carbocycles. The molecule has 3 aliphatic rings. The van der Waals surface area contributed by atoms with Crippen LogP contribution in [0.2, 0.25) is 0 Å². The third-order valence-electron chi connectivity index (χ3n) is 7.68. The van der Waals surface area contributed by atoms with E-state index in [1.165, 1.54) is 42.5 Å². The Morgan fingerprint density at radius 1 is 1.15 bits per heavy atom. The monoisotopic (exact) mass is 485 g/mol. The smallest absolute Gasteiger partial charge is 0.243 e. The van der Waals surface area contributed by atoms with Crippen molar-refractivity contribution in [3.05, 3.63) is 52.9 Å². The summed E-state index contributed by atoms with van der Waals surface area (Å²) in [6.45, 7) is 4.34. The molecule has 1 aromatic carbocycles. The van der Waals surface area contributed by atoms with Gasteiger partial charge in [-0.05, 0) is 56.4 Å². The minimum Gasteiger partial charge on any atom is -0.382 e. The van der Waals surface area contributed by atoms with Crippen LogP contribution >= 0.6 is 0 Å². The predicted octanol–water partition coefficient (Wildman–Crippen LogP) is 3.99. The predicted molar refractivity (Wildman–Crippen MR) is 131 cm³/mol.